The molecule has 1 spiro atoms. The molecule has 4 aliphatic heterocycles. The van der Waals surface area contributed by atoms with Gasteiger partial charge >= 0.3 is 0 Å². The van der Waals surface area contributed by atoms with Gasteiger partial charge in [0.05, 0.1) is 32.0 Å². The second-order valence-corrected chi connectivity index (χ2v) is 9.65. The topological polar surface area (TPSA) is 90.8 Å². The van der Waals surface area contributed by atoms with Crippen molar-refractivity contribution in [1.82, 2.24) is 20.4 Å². The Kier molecular flexibility index (Phi) is 5.78. The number of aliphatic imine (C=N–C) groups is 2. The highest BCUT2D eigenvalue weighted by Gasteiger charge is 2.52. The molecular weight excluding hydrogens is 456 g/mol. The van der Waals surface area contributed by atoms with Gasteiger partial charge in [-0.25, -0.2) is 4.99 Å². The molecule has 1 amide bonds. The minimum absolute atomic E-state index is 0.00137. The summed E-state index contributed by atoms with van der Waals surface area (Å²) in [5.74, 6) is 4.33. The van der Waals surface area contributed by atoms with Crippen LogP contribution in [0.3, 0.4) is 0 Å². The van der Waals surface area contributed by atoms with E-state index >= 15 is 0 Å². The second-order valence-electron chi connectivity index (χ2n) is 9.65. The summed E-state index contributed by atoms with van der Waals surface area (Å²) in [6, 6.07) is 7.38. The highest BCUT2D eigenvalue weighted by Crippen LogP contribution is 2.44. The third kappa shape index (κ3) is 3.96. The molecule has 0 aromatic heterocycles. The zero-order valence-corrected chi connectivity index (χ0v) is 20.4. The minimum Gasteiger partial charge on any atom is -0.377 e. The van der Waals surface area contributed by atoms with E-state index < -0.39 is 0 Å². The van der Waals surface area contributed by atoms with Crippen molar-refractivity contribution in [3.8, 4) is 12.3 Å². The van der Waals surface area contributed by atoms with E-state index in [2.05, 4.69) is 32.4 Å². The van der Waals surface area contributed by atoms with Crippen molar-refractivity contribution >= 4 is 23.4 Å². The van der Waals surface area contributed by atoms with Crippen LogP contribution in [0.2, 0.25) is 0 Å². The van der Waals surface area contributed by atoms with Gasteiger partial charge in [-0.1, -0.05) is 18.1 Å². The normalized spacial score (nSPS) is 26.4. The van der Waals surface area contributed by atoms with E-state index in [1.807, 2.05) is 24.3 Å². The SMILES string of the molecule is C#C[C@H]1COCCN1C1=NC(N2CCOCC23CC3)=NC2NC(c3cccc(C(=O)NC)c3)=CC=C12. The Morgan fingerprint density at radius 3 is 2.92 bits per heavy atom. The summed E-state index contributed by atoms with van der Waals surface area (Å²) in [4.78, 5) is 26.9. The molecule has 1 unspecified atom stereocenters. The van der Waals surface area contributed by atoms with Crippen molar-refractivity contribution in [3.05, 3.63) is 53.1 Å². The summed E-state index contributed by atoms with van der Waals surface area (Å²) in [5, 5.41) is 6.29. The summed E-state index contributed by atoms with van der Waals surface area (Å²) >= 11 is 0. The molecule has 4 heterocycles. The number of hydrogen-bond acceptors (Lipinski definition) is 8. The zero-order chi connectivity index (χ0) is 24.7. The van der Waals surface area contributed by atoms with Gasteiger partial charge in [0, 0.05) is 37.0 Å². The van der Waals surface area contributed by atoms with E-state index in [-0.39, 0.29) is 23.7 Å². The molecule has 2 atom stereocenters. The molecule has 0 radical (unpaired) electrons. The Morgan fingerprint density at radius 1 is 1.25 bits per heavy atom. The molecule has 1 saturated carbocycles. The van der Waals surface area contributed by atoms with Gasteiger partial charge in [-0.2, -0.15) is 4.99 Å². The highest BCUT2D eigenvalue weighted by molar-refractivity contribution is 6.10. The van der Waals surface area contributed by atoms with Crippen LogP contribution < -0.4 is 10.6 Å². The number of nitrogens with one attached hydrogen (secondary N) is 2. The number of carbonyl (C=O) groups excluding carboxylic acids is 1. The standard InChI is InChI=1S/C27H30N6O3/c1-3-20-16-35-13-11-32(20)24-21-7-8-22(18-5-4-6-19(15-18)25(34)28-2)29-23(21)30-26(31-24)33-12-14-36-17-27(33)9-10-27/h1,4-8,15,20,23,29H,9-14,16-17H2,2H3,(H,28,34)/t20-,23?/m0/s1. The molecule has 36 heavy (non-hydrogen) atoms. The van der Waals surface area contributed by atoms with Crippen LogP contribution in [0.1, 0.15) is 28.8 Å². The van der Waals surface area contributed by atoms with E-state index in [9.17, 15) is 4.79 Å². The van der Waals surface area contributed by atoms with Crippen LogP contribution in [-0.4, -0.2) is 91.8 Å². The number of terminal acetylenes is 1. The molecule has 1 aliphatic carbocycles. The van der Waals surface area contributed by atoms with Crippen molar-refractivity contribution < 1.29 is 14.3 Å². The fraction of sp³-hybridized carbons (Fsp3) is 0.444. The van der Waals surface area contributed by atoms with Gasteiger partial charge in [-0.3, -0.25) is 4.79 Å². The van der Waals surface area contributed by atoms with Gasteiger partial charge < -0.3 is 29.9 Å². The monoisotopic (exact) mass is 486 g/mol. The highest BCUT2D eigenvalue weighted by atomic mass is 16.5. The van der Waals surface area contributed by atoms with E-state index in [1.165, 1.54) is 0 Å². The Labute approximate surface area is 210 Å². The third-order valence-corrected chi connectivity index (χ3v) is 7.45. The molecule has 9 nitrogen and oxygen atoms in total. The smallest absolute Gasteiger partial charge is 0.251 e. The van der Waals surface area contributed by atoms with Gasteiger partial charge in [0.1, 0.15) is 11.9 Å². The Hall–Kier alpha value is -3.61. The summed E-state index contributed by atoms with van der Waals surface area (Å²) in [6.07, 6.45) is 11.8. The average Bonchev–Trinajstić information content (AvgIpc) is 3.71. The van der Waals surface area contributed by atoms with E-state index in [0.717, 1.165) is 48.0 Å². The number of morpholine rings is 2. The second kappa shape index (κ2) is 9.12. The number of rotatable bonds is 2. The van der Waals surface area contributed by atoms with Gasteiger partial charge in [0.2, 0.25) is 5.96 Å². The third-order valence-electron chi connectivity index (χ3n) is 7.45. The lowest BCUT2D eigenvalue weighted by atomic mass is 10.00. The molecule has 2 N–H and O–H groups in total. The van der Waals surface area contributed by atoms with Crippen LogP contribution in [0, 0.1) is 12.3 Å². The van der Waals surface area contributed by atoms with Crippen LogP contribution in [0.25, 0.3) is 5.70 Å². The zero-order valence-electron chi connectivity index (χ0n) is 20.4. The van der Waals surface area contributed by atoms with Crippen molar-refractivity contribution in [2.45, 2.75) is 30.6 Å². The van der Waals surface area contributed by atoms with Crippen molar-refractivity contribution in [2.75, 3.05) is 46.6 Å². The maximum atomic E-state index is 12.2. The predicted octanol–water partition coefficient (Wildman–Crippen LogP) is 1.21. The minimum atomic E-state index is -0.323. The van der Waals surface area contributed by atoms with Crippen molar-refractivity contribution in [2.24, 2.45) is 9.98 Å². The van der Waals surface area contributed by atoms with E-state index in [0.29, 0.717) is 38.5 Å². The summed E-state index contributed by atoms with van der Waals surface area (Å²) in [5.41, 5.74) is 3.41. The first kappa shape index (κ1) is 22.8. The van der Waals surface area contributed by atoms with Crippen LogP contribution in [0.5, 0.6) is 0 Å². The predicted molar refractivity (Wildman–Crippen MR) is 137 cm³/mol. The molecular formula is C27H30N6O3. The largest absolute Gasteiger partial charge is 0.377 e. The quantitative estimate of drug-likeness (QED) is 0.611. The van der Waals surface area contributed by atoms with Crippen LogP contribution in [0.4, 0.5) is 0 Å². The number of ether oxygens (including phenoxy) is 2. The molecule has 186 valence electrons. The fourth-order valence-electron chi connectivity index (χ4n) is 5.25. The molecule has 3 fully saturated rings. The number of dihydropyridines is 1. The molecule has 5 aliphatic rings. The number of hydrogen-bond donors (Lipinski definition) is 2. The van der Waals surface area contributed by atoms with E-state index in [4.69, 9.17) is 25.9 Å². The van der Waals surface area contributed by atoms with Crippen LogP contribution in [-0.2, 0) is 9.47 Å². The number of fused-ring (bicyclic) bond motifs is 1. The average molecular weight is 487 g/mol. The first-order chi connectivity index (χ1) is 17.6. The van der Waals surface area contributed by atoms with Gasteiger partial charge in [-0.05, 0) is 42.7 Å². The molecule has 2 saturated heterocycles. The van der Waals surface area contributed by atoms with Gasteiger partial charge in [0.25, 0.3) is 5.91 Å². The summed E-state index contributed by atoms with van der Waals surface area (Å²) in [6.45, 7) is 3.88. The van der Waals surface area contributed by atoms with Crippen molar-refractivity contribution in [1.29, 1.82) is 0 Å². The summed E-state index contributed by atoms with van der Waals surface area (Å²) in [7, 11) is 1.63. The lowest BCUT2D eigenvalue weighted by Gasteiger charge is -2.42. The number of guanidine groups is 1. The molecule has 1 aromatic rings. The Balaban J connectivity index is 1.39. The maximum absolute atomic E-state index is 12.2. The first-order valence-electron chi connectivity index (χ1n) is 12.5. The maximum Gasteiger partial charge on any atom is 0.251 e. The lowest BCUT2D eigenvalue weighted by molar-refractivity contribution is 0.0138. The number of allylic oxidation sites excluding steroid dienone is 2. The summed E-state index contributed by atoms with van der Waals surface area (Å²) < 4.78 is 11.5. The van der Waals surface area contributed by atoms with Gasteiger partial charge in [-0.15, -0.1) is 6.42 Å². The lowest BCUT2D eigenvalue weighted by Crippen LogP contribution is -2.56. The number of nitrogens with zero attached hydrogens (tertiary/aromatic N) is 4. The molecule has 1 aromatic carbocycles. The fourth-order valence-corrected chi connectivity index (χ4v) is 5.25. The first-order valence-corrected chi connectivity index (χ1v) is 12.5. The van der Waals surface area contributed by atoms with Crippen LogP contribution >= 0.6 is 0 Å². The molecule has 6 rings (SSSR count). The van der Waals surface area contributed by atoms with Crippen LogP contribution in [0.15, 0.2) is 52.0 Å². The van der Waals surface area contributed by atoms with Gasteiger partial charge in [0.15, 0.2) is 6.17 Å². The Morgan fingerprint density at radius 2 is 2.11 bits per heavy atom. The number of amidine groups is 1. The van der Waals surface area contributed by atoms with E-state index in [1.54, 1.807) is 13.1 Å². The Bertz CT molecular complexity index is 1240. The molecule has 0 bridgehead atoms. The number of amides is 1. The number of benzene rings is 1. The molecule has 9 heteroatoms. The van der Waals surface area contributed by atoms with Crippen molar-refractivity contribution in [3.63, 3.8) is 0 Å². The number of carbonyl (C=O) groups is 1.